The molecule has 1 saturated heterocycles. The van der Waals surface area contributed by atoms with Crippen molar-refractivity contribution in [3.8, 4) is 0 Å². The standard InChI is InChI=1S/C13H16N2O3/c16-13(15-8-4-7-12(9-15)14-17)18-10-11-5-2-1-3-6-11/h1-3,5-6,17H,4,7-10H2/b14-12+. The largest absolute Gasteiger partial charge is 0.445 e. The van der Waals surface area contributed by atoms with Crippen molar-refractivity contribution >= 4 is 11.8 Å². The Labute approximate surface area is 106 Å². The number of hydrogen-bond donors (Lipinski definition) is 1. The molecular weight excluding hydrogens is 232 g/mol. The summed E-state index contributed by atoms with van der Waals surface area (Å²) in [6.45, 7) is 1.26. The van der Waals surface area contributed by atoms with Crippen LogP contribution in [0.1, 0.15) is 18.4 Å². The maximum atomic E-state index is 11.8. The van der Waals surface area contributed by atoms with Crippen molar-refractivity contribution in [3.63, 3.8) is 0 Å². The average Bonchev–Trinajstić information content (AvgIpc) is 2.46. The van der Waals surface area contributed by atoms with Gasteiger partial charge in [0.25, 0.3) is 0 Å². The van der Waals surface area contributed by atoms with Crippen molar-refractivity contribution in [2.75, 3.05) is 13.1 Å². The molecule has 0 radical (unpaired) electrons. The maximum Gasteiger partial charge on any atom is 0.410 e. The van der Waals surface area contributed by atoms with E-state index in [4.69, 9.17) is 9.94 Å². The van der Waals surface area contributed by atoms with E-state index >= 15 is 0 Å². The fourth-order valence-electron chi connectivity index (χ4n) is 1.90. The molecule has 1 aliphatic heterocycles. The molecule has 1 aromatic rings. The third-order valence-corrected chi connectivity index (χ3v) is 2.87. The molecule has 0 unspecified atom stereocenters. The lowest BCUT2D eigenvalue weighted by Crippen LogP contribution is -2.40. The van der Waals surface area contributed by atoms with Crippen LogP contribution >= 0.6 is 0 Å². The number of oxime groups is 1. The van der Waals surface area contributed by atoms with E-state index in [1.165, 1.54) is 0 Å². The van der Waals surface area contributed by atoms with Crippen LogP contribution in [0.4, 0.5) is 4.79 Å². The fraction of sp³-hybridized carbons (Fsp3) is 0.385. The van der Waals surface area contributed by atoms with Crippen LogP contribution in [0.25, 0.3) is 0 Å². The molecule has 1 fully saturated rings. The number of amides is 1. The highest BCUT2D eigenvalue weighted by atomic mass is 16.6. The van der Waals surface area contributed by atoms with Crippen LogP contribution in [0.5, 0.6) is 0 Å². The van der Waals surface area contributed by atoms with Gasteiger partial charge in [-0.25, -0.2) is 4.79 Å². The molecule has 18 heavy (non-hydrogen) atoms. The number of carbonyl (C=O) groups is 1. The van der Waals surface area contributed by atoms with Gasteiger partial charge in [0.2, 0.25) is 0 Å². The summed E-state index contributed by atoms with van der Waals surface area (Å²) in [6, 6.07) is 9.54. The van der Waals surface area contributed by atoms with Gasteiger partial charge in [0.05, 0.1) is 12.3 Å². The van der Waals surface area contributed by atoms with Crippen LogP contribution in [0.3, 0.4) is 0 Å². The molecule has 0 bridgehead atoms. The van der Waals surface area contributed by atoms with Crippen LogP contribution in [-0.4, -0.2) is 35.0 Å². The predicted molar refractivity (Wildman–Crippen MR) is 66.7 cm³/mol. The average molecular weight is 248 g/mol. The third-order valence-electron chi connectivity index (χ3n) is 2.87. The first-order valence-corrected chi connectivity index (χ1v) is 5.95. The van der Waals surface area contributed by atoms with Crippen molar-refractivity contribution in [3.05, 3.63) is 35.9 Å². The molecule has 5 heteroatoms. The minimum Gasteiger partial charge on any atom is -0.445 e. The summed E-state index contributed by atoms with van der Waals surface area (Å²) in [5.41, 5.74) is 1.58. The fourth-order valence-corrected chi connectivity index (χ4v) is 1.90. The van der Waals surface area contributed by atoms with Gasteiger partial charge in [0, 0.05) is 6.54 Å². The Hall–Kier alpha value is -2.04. The molecule has 96 valence electrons. The number of nitrogens with zero attached hydrogens (tertiary/aromatic N) is 2. The molecule has 1 amide bonds. The minimum atomic E-state index is -0.361. The molecule has 0 spiro atoms. The summed E-state index contributed by atoms with van der Waals surface area (Å²) in [4.78, 5) is 13.4. The zero-order valence-corrected chi connectivity index (χ0v) is 10.1. The van der Waals surface area contributed by atoms with Crippen LogP contribution in [0, 0.1) is 0 Å². The van der Waals surface area contributed by atoms with Crippen molar-refractivity contribution in [1.82, 2.24) is 4.90 Å². The van der Waals surface area contributed by atoms with Gasteiger partial charge >= 0.3 is 6.09 Å². The van der Waals surface area contributed by atoms with Crippen molar-refractivity contribution < 1.29 is 14.7 Å². The van der Waals surface area contributed by atoms with Crippen molar-refractivity contribution in [2.24, 2.45) is 5.16 Å². The Bertz CT molecular complexity index is 431. The molecule has 1 aliphatic rings. The van der Waals surface area contributed by atoms with E-state index in [9.17, 15) is 4.79 Å². The van der Waals surface area contributed by atoms with Gasteiger partial charge in [-0.1, -0.05) is 35.5 Å². The smallest absolute Gasteiger partial charge is 0.410 e. The number of benzene rings is 1. The first-order valence-electron chi connectivity index (χ1n) is 5.95. The molecular formula is C13H16N2O3. The van der Waals surface area contributed by atoms with Crippen LogP contribution in [-0.2, 0) is 11.3 Å². The van der Waals surface area contributed by atoms with E-state index in [-0.39, 0.29) is 12.7 Å². The highest BCUT2D eigenvalue weighted by Gasteiger charge is 2.21. The van der Waals surface area contributed by atoms with E-state index in [0.29, 0.717) is 18.8 Å². The van der Waals surface area contributed by atoms with Crippen LogP contribution in [0.15, 0.2) is 35.5 Å². The first-order chi connectivity index (χ1) is 8.79. The topological polar surface area (TPSA) is 62.1 Å². The summed E-state index contributed by atoms with van der Waals surface area (Å²) >= 11 is 0. The SMILES string of the molecule is O=C(OCc1ccccc1)N1CCC/C(=N\O)C1. The number of hydrogen-bond acceptors (Lipinski definition) is 4. The zero-order chi connectivity index (χ0) is 12.8. The Morgan fingerprint density at radius 3 is 2.89 bits per heavy atom. The lowest BCUT2D eigenvalue weighted by atomic mass is 10.1. The van der Waals surface area contributed by atoms with E-state index in [1.807, 2.05) is 30.3 Å². The van der Waals surface area contributed by atoms with Gasteiger partial charge in [-0.2, -0.15) is 0 Å². The lowest BCUT2D eigenvalue weighted by Gasteiger charge is -2.26. The Balaban J connectivity index is 1.84. The van der Waals surface area contributed by atoms with Crippen molar-refractivity contribution in [2.45, 2.75) is 19.4 Å². The number of likely N-dealkylation sites (tertiary alicyclic amines) is 1. The van der Waals surface area contributed by atoms with Crippen LogP contribution < -0.4 is 0 Å². The molecule has 0 saturated carbocycles. The van der Waals surface area contributed by atoms with Crippen LogP contribution in [0.2, 0.25) is 0 Å². The van der Waals surface area contributed by atoms with Gasteiger partial charge in [-0.15, -0.1) is 0 Å². The van der Waals surface area contributed by atoms with E-state index in [2.05, 4.69) is 5.16 Å². The molecule has 0 atom stereocenters. The molecule has 5 nitrogen and oxygen atoms in total. The second-order valence-electron chi connectivity index (χ2n) is 4.23. The molecule has 1 aromatic carbocycles. The number of carbonyl (C=O) groups excluding carboxylic acids is 1. The summed E-state index contributed by atoms with van der Waals surface area (Å²) in [7, 11) is 0. The van der Waals surface area contributed by atoms with E-state index in [0.717, 1.165) is 18.4 Å². The quantitative estimate of drug-likeness (QED) is 0.645. The first kappa shape index (κ1) is 12.4. The van der Waals surface area contributed by atoms with Gasteiger partial charge in [-0.3, -0.25) is 0 Å². The third kappa shape index (κ3) is 3.23. The van der Waals surface area contributed by atoms with E-state index in [1.54, 1.807) is 4.90 Å². The maximum absolute atomic E-state index is 11.8. The summed E-state index contributed by atoms with van der Waals surface area (Å²) < 4.78 is 5.21. The van der Waals surface area contributed by atoms with Gasteiger partial charge < -0.3 is 14.8 Å². The molecule has 2 rings (SSSR count). The summed E-state index contributed by atoms with van der Waals surface area (Å²) in [6.07, 6.45) is 1.18. The molecule has 1 heterocycles. The molecule has 0 aromatic heterocycles. The number of rotatable bonds is 2. The Morgan fingerprint density at radius 2 is 2.17 bits per heavy atom. The Morgan fingerprint density at radius 1 is 1.39 bits per heavy atom. The van der Waals surface area contributed by atoms with Gasteiger partial charge in [-0.05, 0) is 18.4 Å². The summed E-state index contributed by atoms with van der Waals surface area (Å²) in [5.74, 6) is 0. The second-order valence-corrected chi connectivity index (χ2v) is 4.23. The minimum absolute atomic E-state index is 0.266. The molecule has 1 N–H and O–H groups in total. The highest BCUT2D eigenvalue weighted by Crippen LogP contribution is 2.10. The van der Waals surface area contributed by atoms with Gasteiger partial charge in [0.1, 0.15) is 6.61 Å². The highest BCUT2D eigenvalue weighted by molar-refractivity contribution is 5.89. The van der Waals surface area contributed by atoms with Crippen molar-refractivity contribution in [1.29, 1.82) is 0 Å². The lowest BCUT2D eigenvalue weighted by molar-refractivity contribution is 0.0986. The second kappa shape index (κ2) is 6.05. The number of piperidine rings is 1. The van der Waals surface area contributed by atoms with Gasteiger partial charge in [0.15, 0.2) is 0 Å². The van der Waals surface area contributed by atoms with E-state index < -0.39 is 0 Å². The Kier molecular flexibility index (Phi) is 4.17. The zero-order valence-electron chi connectivity index (χ0n) is 10.1. The molecule has 0 aliphatic carbocycles. The summed E-state index contributed by atoms with van der Waals surface area (Å²) in [5, 5.41) is 11.9. The number of ether oxygens (including phenoxy) is 1. The normalized spacial score (nSPS) is 17.8. The predicted octanol–water partition coefficient (Wildman–Crippen LogP) is 2.25. The monoisotopic (exact) mass is 248 g/mol.